The first-order valence-electron chi connectivity index (χ1n) is 5.10. The molecule has 1 heterocycles. The monoisotopic (exact) mass is 235 g/mol. The molecule has 0 saturated carbocycles. The Balaban J connectivity index is 2.49. The van der Waals surface area contributed by atoms with E-state index in [9.17, 15) is 13.2 Å². The molecule has 0 spiro atoms. The molecule has 1 saturated heterocycles. The second kappa shape index (κ2) is 4.94. The summed E-state index contributed by atoms with van der Waals surface area (Å²) in [5.74, 6) is -0.644. The zero-order valence-corrected chi connectivity index (χ0v) is 9.59. The average molecular weight is 235 g/mol. The molecule has 5 nitrogen and oxygen atoms in total. The van der Waals surface area contributed by atoms with Crippen molar-refractivity contribution in [2.24, 2.45) is 5.92 Å². The molecule has 1 rings (SSSR count). The second-order valence-corrected chi connectivity index (χ2v) is 6.13. The van der Waals surface area contributed by atoms with Crippen LogP contribution in [0.3, 0.4) is 0 Å². The molecule has 1 aliphatic rings. The Morgan fingerprint density at radius 2 is 2.27 bits per heavy atom. The molecular formula is C9H17NO4S. The number of aliphatic hydroxyl groups excluding tert-OH is 1. The van der Waals surface area contributed by atoms with Gasteiger partial charge in [-0.3, -0.25) is 4.79 Å². The number of sulfone groups is 1. The van der Waals surface area contributed by atoms with Crippen LogP contribution in [0.2, 0.25) is 0 Å². The van der Waals surface area contributed by atoms with Crippen LogP contribution in [0.15, 0.2) is 0 Å². The molecule has 1 aliphatic heterocycles. The van der Waals surface area contributed by atoms with Gasteiger partial charge >= 0.3 is 0 Å². The van der Waals surface area contributed by atoms with Crippen molar-refractivity contribution in [3.05, 3.63) is 0 Å². The zero-order chi connectivity index (χ0) is 11.5. The van der Waals surface area contributed by atoms with Gasteiger partial charge in [0.15, 0.2) is 9.84 Å². The minimum absolute atomic E-state index is 0.0549. The van der Waals surface area contributed by atoms with E-state index in [2.05, 4.69) is 5.32 Å². The summed E-state index contributed by atoms with van der Waals surface area (Å²) in [5.41, 5.74) is 0. The normalized spacial score (nSPS) is 26.1. The minimum Gasteiger partial charge on any atom is -0.394 e. The van der Waals surface area contributed by atoms with Crippen molar-refractivity contribution in [1.82, 2.24) is 5.32 Å². The summed E-state index contributed by atoms with van der Waals surface area (Å²) >= 11 is 0. The quantitative estimate of drug-likeness (QED) is 0.675. The predicted octanol–water partition coefficient (Wildman–Crippen LogP) is -0.692. The highest BCUT2D eigenvalue weighted by Crippen LogP contribution is 2.18. The van der Waals surface area contributed by atoms with Gasteiger partial charge in [-0.05, 0) is 12.8 Å². The minimum atomic E-state index is -3.01. The van der Waals surface area contributed by atoms with Crippen LogP contribution < -0.4 is 5.32 Å². The van der Waals surface area contributed by atoms with Crippen LogP contribution in [-0.4, -0.2) is 43.6 Å². The van der Waals surface area contributed by atoms with Crippen molar-refractivity contribution >= 4 is 15.7 Å². The summed E-state index contributed by atoms with van der Waals surface area (Å²) in [6.07, 6.45) is 1.04. The molecule has 0 bridgehead atoms. The molecule has 2 atom stereocenters. The lowest BCUT2D eigenvalue weighted by molar-refractivity contribution is -0.125. The van der Waals surface area contributed by atoms with E-state index in [1.54, 1.807) is 0 Å². The molecular weight excluding hydrogens is 218 g/mol. The average Bonchev–Trinajstić information content (AvgIpc) is 2.55. The SMILES string of the molecule is CC[C@@H](CO)NC(=O)C1CCS(=O)(=O)C1. The van der Waals surface area contributed by atoms with Crippen molar-refractivity contribution in [3.63, 3.8) is 0 Å². The van der Waals surface area contributed by atoms with Crippen LogP contribution in [0.5, 0.6) is 0 Å². The molecule has 1 fully saturated rings. The second-order valence-electron chi connectivity index (χ2n) is 3.90. The fourth-order valence-electron chi connectivity index (χ4n) is 1.60. The van der Waals surface area contributed by atoms with E-state index in [0.717, 1.165) is 0 Å². The number of amides is 1. The van der Waals surface area contributed by atoms with Gasteiger partial charge in [-0.15, -0.1) is 0 Å². The maximum atomic E-state index is 11.6. The van der Waals surface area contributed by atoms with Crippen LogP contribution in [0.25, 0.3) is 0 Å². The van der Waals surface area contributed by atoms with Crippen LogP contribution in [0.1, 0.15) is 19.8 Å². The van der Waals surface area contributed by atoms with Gasteiger partial charge in [-0.25, -0.2) is 8.42 Å². The maximum Gasteiger partial charge on any atom is 0.224 e. The third-order valence-electron chi connectivity index (χ3n) is 2.66. The van der Waals surface area contributed by atoms with Gasteiger partial charge < -0.3 is 10.4 Å². The molecule has 0 radical (unpaired) electrons. The van der Waals surface area contributed by atoms with E-state index in [0.29, 0.717) is 12.8 Å². The summed E-state index contributed by atoms with van der Waals surface area (Å²) in [7, 11) is -3.01. The molecule has 1 amide bonds. The Hall–Kier alpha value is -0.620. The predicted molar refractivity (Wildman–Crippen MR) is 56.1 cm³/mol. The van der Waals surface area contributed by atoms with Crippen LogP contribution in [-0.2, 0) is 14.6 Å². The third kappa shape index (κ3) is 3.46. The van der Waals surface area contributed by atoms with Gasteiger partial charge in [0.2, 0.25) is 5.91 Å². The Bertz CT molecular complexity index is 321. The smallest absolute Gasteiger partial charge is 0.224 e. The first-order chi connectivity index (χ1) is 6.98. The van der Waals surface area contributed by atoms with E-state index in [-0.39, 0.29) is 30.1 Å². The number of nitrogens with one attached hydrogen (secondary N) is 1. The Morgan fingerprint density at radius 3 is 2.67 bits per heavy atom. The van der Waals surface area contributed by atoms with E-state index >= 15 is 0 Å². The number of aliphatic hydroxyl groups is 1. The van der Waals surface area contributed by atoms with Crippen molar-refractivity contribution in [2.45, 2.75) is 25.8 Å². The summed E-state index contributed by atoms with van der Waals surface area (Å²) in [4.78, 5) is 11.6. The van der Waals surface area contributed by atoms with Gasteiger partial charge in [-0.2, -0.15) is 0 Å². The third-order valence-corrected chi connectivity index (χ3v) is 4.43. The molecule has 6 heteroatoms. The van der Waals surface area contributed by atoms with E-state index in [1.807, 2.05) is 6.92 Å². The standard InChI is InChI=1S/C9H17NO4S/c1-2-8(5-11)10-9(12)7-3-4-15(13,14)6-7/h7-8,11H,2-6H2,1H3,(H,10,12)/t7?,8-/m0/s1. The molecule has 0 aromatic carbocycles. The number of rotatable bonds is 4. The molecule has 15 heavy (non-hydrogen) atoms. The maximum absolute atomic E-state index is 11.6. The van der Waals surface area contributed by atoms with E-state index in [4.69, 9.17) is 5.11 Å². The number of carbonyl (C=O) groups excluding carboxylic acids is 1. The van der Waals surface area contributed by atoms with Gasteiger partial charge in [0.1, 0.15) is 0 Å². The first-order valence-corrected chi connectivity index (χ1v) is 6.92. The van der Waals surface area contributed by atoms with E-state index < -0.39 is 15.8 Å². The lowest BCUT2D eigenvalue weighted by atomic mass is 10.1. The highest BCUT2D eigenvalue weighted by atomic mass is 32.2. The fraction of sp³-hybridized carbons (Fsp3) is 0.889. The molecule has 1 unspecified atom stereocenters. The fourth-order valence-corrected chi connectivity index (χ4v) is 3.34. The summed E-state index contributed by atoms with van der Waals surface area (Å²) in [6.45, 7) is 1.74. The lowest BCUT2D eigenvalue weighted by Crippen LogP contribution is -2.41. The van der Waals surface area contributed by atoms with Crippen LogP contribution in [0.4, 0.5) is 0 Å². The first kappa shape index (κ1) is 12.4. The van der Waals surface area contributed by atoms with Crippen LogP contribution >= 0.6 is 0 Å². The van der Waals surface area contributed by atoms with Crippen molar-refractivity contribution in [1.29, 1.82) is 0 Å². The van der Waals surface area contributed by atoms with Crippen molar-refractivity contribution < 1.29 is 18.3 Å². The van der Waals surface area contributed by atoms with E-state index in [1.165, 1.54) is 0 Å². The van der Waals surface area contributed by atoms with Gasteiger partial charge in [0.25, 0.3) is 0 Å². The summed E-state index contributed by atoms with van der Waals surface area (Å²) < 4.78 is 22.3. The lowest BCUT2D eigenvalue weighted by Gasteiger charge is -2.16. The molecule has 0 aromatic heterocycles. The van der Waals surface area contributed by atoms with Crippen molar-refractivity contribution in [3.8, 4) is 0 Å². The van der Waals surface area contributed by atoms with Gasteiger partial charge in [0.05, 0.1) is 30.1 Å². The number of hydrogen-bond acceptors (Lipinski definition) is 4. The molecule has 88 valence electrons. The van der Waals surface area contributed by atoms with Crippen molar-refractivity contribution in [2.75, 3.05) is 18.1 Å². The molecule has 0 aromatic rings. The summed E-state index contributed by atoms with van der Waals surface area (Å²) in [6, 6.07) is -0.263. The Kier molecular flexibility index (Phi) is 4.10. The highest BCUT2D eigenvalue weighted by molar-refractivity contribution is 7.91. The van der Waals surface area contributed by atoms with Gasteiger partial charge in [-0.1, -0.05) is 6.92 Å². The Labute approximate surface area is 89.8 Å². The zero-order valence-electron chi connectivity index (χ0n) is 8.77. The molecule has 2 N–H and O–H groups in total. The van der Waals surface area contributed by atoms with Crippen LogP contribution in [0, 0.1) is 5.92 Å². The largest absolute Gasteiger partial charge is 0.394 e. The number of hydrogen-bond donors (Lipinski definition) is 2. The number of carbonyl (C=O) groups is 1. The van der Waals surface area contributed by atoms with Gasteiger partial charge in [0, 0.05) is 0 Å². The molecule has 0 aliphatic carbocycles. The Morgan fingerprint density at radius 1 is 1.60 bits per heavy atom. The summed E-state index contributed by atoms with van der Waals surface area (Å²) in [5, 5.41) is 11.5. The topological polar surface area (TPSA) is 83.5 Å². The highest BCUT2D eigenvalue weighted by Gasteiger charge is 2.33.